The van der Waals surface area contributed by atoms with Gasteiger partial charge in [0.15, 0.2) is 0 Å². The summed E-state index contributed by atoms with van der Waals surface area (Å²) in [6.45, 7) is 2.16. The maximum absolute atomic E-state index is 6.59. The minimum atomic E-state index is -0.0944. The van der Waals surface area contributed by atoms with E-state index >= 15 is 0 Å². The van der Waals surface area contributed by atoms with Gasteiger partial charge in [0.05, 0.1) is 15.2 Å². The third-order valence-electron chi connectivity index (χ3n) is 4.06. The average molecular weight is 260 g/mol. The number of nitrogens with two attached hydrogens (primary N) is 1. The number of hydrogen-bond donors (Lipinski definition) is 1. The van der Waals surface area contributed by atoms with Gasteiger partial charge in [-0.3, -0.25) is 0 Å². The number of thiazole rings is 1. The summed E-state index contributed by atoms with van der Waals surface area (Å²) in [6.07, 6.45) is 7.12. The van der Waals surface area contributed by atoms with Crippen LogP contribution < -0.4 is 5.73 Å². The third kappa shape index (κ3) is 2.06. The summed E-state index contributed by atoms with van der Waals surface area (Å²) >= 11 is 1.81. The minimum absolute atomic E-state index is 0.0944. The van der Waals surface area contributed by atoms with Gasteiger partial charge in [-0.2, -0.15) is 0 Å². The van der Waals surface area contributed by atoms with Crippen molar-refractivity contribution in [3.63, 3.8) is 0 Å². The van der Waals surface area contributed by atoms with Gasteiger partial charge in [0.25, 0.3) is 0 Å². The number of hydrogen-bond acceptors (Lipinski definition) is 3. The molecule has 2 nitrogen and oxygen atoms in total. The molecule has 0 saturated heterocycles. The molecule has 0 aliphatic heterocycles. The van der Waals surface area contributed by atoms with Crippen LogP contribution in [0.4, 0.5) is 0 Å². The first-order valence-corrected chi connectivity index (χ1v) is 7.72. The second-order valence-electron chi connectivity index (χ2n) is 5.36. The van der Waals surface area contributed by atoms with Gasteiger partial charge in [0.2, 0.25) is 0 Å². The summed E-state index contributed by atoms with van der Waals surface area (Å²) < 4.78 is 1.29. The Morgan fingerprint density at radius 3 is 2.78 bits per heavy atom. The molecule has 2 aromatic rings. The summed E-state index contributed by atoms with van der Waals surface area (Å²) in [7, 11) is 0. The van der Waals surface area contributed by atoms with E-state index in [2.05, 4.69) is 30.1 Å². The van der Waals surface area contributed by atoms with Crippen LogP contribution >= 0.6 is 11.3 Å². The number of benzene rings is 1. The van der Waals surface area contributed by atoms with E-state index < -0.39 is 0 Å². The van der Waals surface area contributed by atoms with E-state index in [4.69, 9.17) is 5.73 Å². The lowest BCUT2D eigenvalue weighted by molar-refractivity contribution is 0.302. The first kappa shape index (κ1) is 12.1. The van der Waals surface area contributed by atoms with Crippen molar-refractivity contribution in [2.75, 3.05) is 0 Å². The zero-order valence-electron chi connectivity index (χ0n) is 10.9. The van der Waals surface area contributed by atoms with Crippen LogP contribution in [0.2, 0.25) is 0 Å². The topological polar surface area (TPSA) is 38.9 Å². The van der Waals surface area contributed by atoms with Gasteiger partial charge in [-0.1, -0.05) is 32.3 Å². The van der Waals surface area contributed by atoms with Crippen LogP contribution in [0, 0.1) is 0 Å². The van der Waals surface area contributed by atoms with Crippen LogP contribution in [0.3, 0.4) is 0 Å². The van der Waals surface area contributed by atoms with Gasteiger partial charge in [0.1, 0.15) is 0 Å². The number of nitrogens with zero attached hydrogens (tertiary/aromatic N) is 1. The molecule has 1 fully saturated rings. The molecule has 1 heterocycles. The predicted octanol–water partition coefficient (Wildman–Crippen LogP) is 3.98. The number of aromatic nitrogens is 1. The maximum atomic E-state index is 6.59. The van der Waals surface area contributed by atoms with Gasteiger partial charge in [-0.15, -0.1) is 11.3 Å². The van der Waals surface area contributed by atoms with Crippen molar-refractivity contribution < 1.29 is 0 Å². The molecule has 1 aromatic carbocycles. The molecule has 1 saturated carbocycles. The van der Waals surface area contributed by atoms with Crippen LogP contribution in [0.1, 0.15) is 49.6 Å². The van der Waals surface area contributed by atoms with Crippen molar-refractivity contribution in [3.05, 3.63) is 28.8 Å². The molecule has 0 amide bonds. The monoisotopic (exact) mass is 260 g/mol. The molecule has 18 heavy (non-hydrogen) atoms. The predicted molar refractivity (Wildman–Crippen MR) is 77.9 cm³/mol. The average Bonchev–Trinajstić information content (AvgIpc) is 2.81. The van der Waals surface area contributed by atoms with E-state index in [0.29, 0.717) is 0 Å². The number of rotatable bonds is 2. The first-order valence-electron chi connectivity index (χ1n) is 6.90. The highest BCUT2D eigenvalue weighted by atomic mass is 32.1. The molecule has 1 aromatic heterocycles. The number of fused-ring (bicyclic) bond motifs is 1. The van der Waals surface area contributed by atoms with Crippen molar-refractivity contribution in [2.45, 2.75) is 51.0 Å². The number of aryl methyl sites for hydroxylation is 1. The second kappa shape index (κ2) is 4.63. The Morgan fingerprint density at radius 1 is 1.28 bits per heavy atom. The fraction of sp³-hybridized carbons (Fsp3) is 0.533. The summed E-state index contributed by atoms with van der Waals surface area (Å²) in [6, 6.07) is 6.60. The molecule has 2 N–H and O–H groups in total. The Morgan fingerprint density at radius 2 is 2.06 bits per heavy atom. The van der Waals surface area contributed by atoms with Gasteiger partial charge in [-0.25, -0.2) is 4.98 Å². The molecule has 96 valence electrons. The summed E-state index contributed by atoms with van der Waals surface area (Å²) in [5.41, 5.74) is 8.93. The molecule has 0 radical (unpaired) electrons. The van der Waals surface area contributed by atoms with Crippen LogP contribution in [-0.2, 0) is 12.0 Å². The van der Waals surface area contributed by atoms with E-state index in [9.17, 15) is 0 Å². The molecule has 0 spiro atoms. The molecule has 0 atom stereocenters. The summed E-state index contributed by atoms with van der Waals surface area (Å²) in [4.78, 5) is 4.62. The van der Waals surface area contributed by atoms with Crippen LogP contribution in [0.25, 0.3) is 10.2 Å². The molecule has 3 heteroatoms. The highest BCUT2D eigenvalue weighted by Crippen LogP contribution is 2.36. The molecular weight excluding hydrogens is 240 g/mol. The maximum Gasteiger partial charge on any atom is 0.0935 e. The van der Waals surface area contributed by atoms with Gasteiger partial charge >= 0.3 is 0 Å². The molecule has 0 bridgehead atoms. The van der Waals surface area contributed by atoms with Gasteiger partial charge in [0, 0.05) is 5.54 Å². The minimum Gasteiger partial charge on any atom is -0.321 e. The Balaban J connectivity index is 2.01. The SMILES string of the molecule is CCc1nc2ccc(C3(N)CCCCC3)cc2s1. The standard InChI is InChI=1S/C15H20N2S/c1-2-14-17-12-7-6-11(10-13(12)18-14)15(16)8-4-3-5-9-15/h6-7,10H,2-5,8-9,16H2,1H3. The Bertz CT molecular complexity index is 553. The van der Waals surface area contributed by atoms with Crippen molar-refractivity contribution >= 4 is 21.6 Å². The zero-order valence-corrected chi connectivity index (χ0v) is 11.7. The smallest absolute Gasteiger partial charge is 0.0935 e. The van der Waals surface area contributed by atoms with E-state index in [1.807, 2.05) is 11.3 Å². The van der Waals surface area contributed by atoms with E-state index in [0.717, 1.165) is 24.8 Å². The van der Waals surface area contributed by atoms with E-state index in [1.165, 1.54) is 34.5 Å². The van der Waals surface area contributed by atoms with Crippen LogP contribution in [-0.4, -0.2) is 4.98 Å². The van der Waals surface area contributed by atoms with Crippen molar-refractivity contribution in [2.24, 2.45) is 5.73 Å². The summed E-state index contributed by atoms with van der Waals surface area (Å²) in [5, 5.41) is 1.22. The second-order valence-corrected chi connectivity index (χ2v) is 6.48. The lowest BCUT2D eigenvalue weighted by atomic mass is 9.77. The largest absolute Gasteiger partial charge is 0.321 e. The molecule has 1 aliphatic carbocycles. The fourth-order valence-electron chi connectivity index (χ4n) is 2.90. The van der Waals surface area contributed by atoms with Crippen molar-refractivity contribution in [3.8, 4) is 0 Å². The Labute approximate surface area is 112 Å². The normalized spacial score (nSPS) is 19.2. The quantitative estimate of drug-likeness (QED) is 0.887. The van der Waals surface area contributed by atoms with Crippen molar-refractivity contribution in [1.29, 1.82) is 0 Å². The molecule has 3 rings (SSSR count). The summed E-state index contributed by atoms with van der Waals surface area (Å²) in [5.74, 6) is 0. The van der Waals surface area contributed by atoms with E-state index in [-0.39, 0.29) is 5.54 Å². The highest BCUT2D eigenvalue weighted by molar-refractivity contribution is 7.18. The molecular formula is C15H20N2S. The Hall–Kier alpha value is -0.930. The first-order chi connectivity index (χ1) is 8.71. The van der Waals surface area contributed by atoms with Gasteiger partial charge in [-0.05, 0) is 37.0 Å². The lowest BCUT2D eigenvalue weighted by Gasteiger charge is -2.33. The van der Waals surface area contributed by atoms with Crippen LogP contribution in [0.15, 0.2) is 18.2 Å². The molecule has 0 unspecified atom stereocenters. The Kier molecular flexibility index (Phi) is 3.12. The third-order valence-corrected chi connectivity index (χ3v) is 5.22. The van der Waals surface area contributed by atoms with Gasteiger partial charge < -0.3 is 5.73 Å². The van der Waals surface area contributed by atoms with Crippen molar-refractivity contribution in [1.82, 2.24) is 4.98 Å². The molecule has 1 aliphatic rings. The van der Waals surface area contributed by atoms with Crippen LogP contribution in [0.5, 0.6) is 0 Å². The fourth-order valence-corrected chi connectivity index (χ4v) is 3.85. The lowest BCUT2D eigenvalue weighted by Crippen LogP contribution is -2.38. The zero-order chi connectivity index (χ0) is 12.6. The van der Waals surface area contributed by atoms with E-state index in [1.54, 1.807) is 0 Å². The highest BCUT2D eigenvalue weighted by Gasteiger charge is 2.29.